The summed E-state index contributed by atoms with van der Waals surface area (Å²) in [5.41, 5.74) is 2.43. The van der Waals surface area contributed by atoms with Gasteiger partial charge in [-0.25, -0.2) is 0 Å². The molecule has 1 unspecified atom stereocenters. The second-order valence-corrected chi connectivity index (χ2v) is 5.71. The lowest BCUT2D eigenvalue weighted by molar-refractivity contribution is 0.627. The Morgan fingerprint density at radius 1 is 1.17 bits per heavy atom. The van der Waals surface area contributed by atoms with Gasteiger partial charge in [0.1, 0.15) is 0 Å². The van der Waals surface area contributed by atoms with Crippen molar-refractivity contribution in [2.24, 2.45) is 0 Å². The lowest BCUT2D eigenvalue weighted by Crippen LogP contribution is -2.22. The zero-order chi connectivity index (χ0) is 13.0. The molecule has 2 rings (SSSR count). The molecule has 4 heteroatoms. The SMILES string of the molecule is CCNC(c1ccncc1)c1cc(Br)ccc1Br. The maximum atomic E-state index is 4.07. The second-order valence-electron chi connectivity index (χ2n) is 3.94. The second kappa shape index (κ2) is 6.45. The predicted molar refractivity (Wildman–Crippen MR) is 81.6 cm³/mol. The van der Waals surface area contributed by atoms with E-state index in [-0.39, 0.29) is 6.04 Å². The average molecular weight is 370 g/mol. The molecule has 0 aliphatic carbocycles. The van der Waals surface area contributed by atoms with Crippen molar-refractivity contribution in [3.05, 3.63) is 62.8 Å². The molecule has 1 atom stereocenters. The molecule has 0 bridgehead atoms. The number of benzene rings is 1. The molecule has 0 amide bonds. The number of nitrogens with zero attached hydrogens (tertiary/aromatic N) is 1. The first kappa shape index (κ1) is 13.7. The van der Waals surface area contributed by atoms with Gasteiger partial charge in [-0.15, -0.1) is 0 Å². The van der Waals surface area contributed by atoms with Crippen LogP contribution in [0.15, 0.2) is 51.7 Å². The fraction of sp³-hybridized carbons (Fsp3) is 0.214. The fourth-order valence-electron chi connectivity index (χ4n) is 1.90. The van der Waals surface area contributed by atoms with Gasteiger partial charge in [-0.05, 0) is 48.0 Å². The highest BCUT2D eigenvalue weighted by Crippen LogP contribution is 2.30. The lowest BCUT2D eigenvalue weighted by Gasteiger charge is -2.20. The topological polar surface area (TPSA) is 24.9 Å². The van der Waals surface area contributed by atoms with Gasteiger partial charge in [-0.3, -0.25) is 4.98 Å². The van der Waals surface area contributed by atoms with Gasteiger partial charge >= 0.3 is 0 Å². The van der Waals surface area contributed by atoms with Gasteiger partial charge in [-0.2, -0.15) is 0 Å². The first-order chi connectivity index (χ1) is 8.72. The molecule has 1 aromatic heterocycles. The van der Waals surface area contributed by atoms with Crippen LogP contribution in [0.2, 0.25) is 0 Å². The van der Waals surface area contributed by atoms with Crippen LogP contribution in [0.4, 0.5) is 0 Å². The van der Waals surface area contributed by atoms with E-state index in [2.05, 4.69) is 61.2 Å². The predicted octanol–water partition coefficient (Wildman–Crippen LogP) is 4.31. The largest absolute Gasteiger partial charge is 0.306 e. The molecule has 2 aromatic rings. The third-order valence-electron chi connectivity index (χ3n) is 2.72. The Balaban J connectivity index is 2.44. The van der Waals surface area contributed by atoms with Gasteiger partial charge in [-0.1, -0.05) is 38.8 Å². The van der Waals surface area contributed by atoms with E-state index < -0.39 is 0 Å². The minimum absolute atomic E-state index is 0.171. The molecule has 18 heavy (non-hydrogen) atoms. The third kappa shape index (κ3) is 3.19. The van der Waals surface area contributed by atoms with Crippen molar-refractivity contribution in [1.82, 2.24) is 10.3 Å². The minimum Gasteiger partial charge on any atom is -0.306 e. The van der Waals surface area contributed by atoms with Crippen molar-refractivity contribution >= 4 is 31.9 Å². The number of aromatic nitrogens is 1. The Kier molecular flexibility index (Phi) is 4.92. The highest BCUT2D eigenvalue weighted by molar-refractivity contribution is 9.11. The molecule has 0 spiro atoms. The summed E-state index contributed by atoms with van der Waals surface area (Å²) in [6, 6.07) is 10.5. The van der Waals surface area contributed by atoms with Gasteiger partial charge < -0.3 is 5.32 Å². The lowest BCUT2D eigenvalue weighted by atomic mass is 10.00. The molecular formula is C14H14Br2N2. The molecule has 1 aromatic carbocycles. The molecule has 0 radical (unpaired) electrons. The molecule has 0 aliphatic heterocycles. The van der Waals surface area contributed by atoms with Crippen molar-refractivity contribution in [2.75, 3.05) is 6.54 Å². The number of hydrogen-bond donors (Lipinski definition) is 1. The maximum absolute atomic E-state index is 4.07. The molecule has 2 nitrogen and oxygen atoms in total. The summed E-state index contributed by atoms with van der Waals surface area (Å²) in [5.74, 6) is 0. The zero-order valence-electron chi connectivity index (χ0n) is 10.0. The van der Waals surface area contributed by atoms with E-state index >= 15 is 0 Å². The Labute approximate surface area is 124 Å². The summed E-state index contributed by atoms with van der Waals surface area (Å²) in [5, 5.41) is 3.50. The number of pyridine rings is 1. The van der Waals surface area contributed by atoms with Crippen molar-refractivity contribution in [3.63, 3.8) is 0 Å². The molecule has 1 heterocycles. The van der Waals surface area contributed by atoms with Crippen LogP contribution in [-0.4, -0.2) is 11.5 Å². The number of hydrogen-bond acceptors (Lipinski definition) is 2. The number of rotatable bonds is 4. The van der Waals surface area contributed by atoms with E-state index in [0.717, 1.165) is 15.5 Å². The molecule has 1 N–H and O–H groups in total. The number of nitrogens with one attached hydrogen (secondary N) is 1. The van der Waals surface area contributed by atoms with Gasteiger partial charge in [0.25, 0.3) is 0 Å². The summed E-state index contributed by atoms with van der Waals surface area (Å²) >= 11 is 7.15. The van der Waals surface area contributed by atoms with Crippen LogP contribution < -0.4 is 5.32 Å². The van der Waals surface area contributed by atoms with Crippen molar-refractivity contribution in [3.8, 4) is 0 Å². The van der Waals surface area contributed by atoms with Crippen LogP contribution in [-0.2, 0) is 0 Å². The average Bonchev–Trinajstić information content (AvgIpc) is 2.40. The van der Waals surface area contributed by atoms with Crippen molar-refractivity contribution < 1.29 is 0 Å². The first-order valence-electron chi connectivity index (χ1n) is 5.80. The monoisotopic (exact) mass is 368 g/mol. The molecule has 0 fully saturated rings. The van der Waals surface area contributed by atoms with Crippen molar-refractivity contribution in [2.45, 2.75) is 13.0 Å². The van der Waals surface area contributed by atoms with E-state index in [0.29, 0.717) is 0 Å². The van der Waals surface area contributed by atoms with E-state index in [1.165, 1.54) is 11.1 Å². The van der Waals surface area contributed by atoms with Crippen LogP contribution in [0.25, 0.3) is 0 Å². The summed E-state index contributed by atoms with van der Waals surface area (Å²) in [6.07, 6.45) is 3.65. The van der Waals surface area contributed by atoms with E-state index in [1.54, 1.807) is 0 Å². The van der Waals surface area contributed by atoms with Crippen LogP contribution in [0, 0.1) is 0 Å². The van der Waals surface area contributed by atoms with Crippen LogP contribution >= 0.6 is 31.9 Å². The van der Waals surface area contributed by atoms with E-state index in [4.69, 9.17) is 0 Å². The quantitative estimate of drug-likeness (QED) is 0.868. The third-order valence-corrected chi connectivity index (χ3v) is 3.93. The Morgan fingerprint density at radius 3 is 2.56 bits per heavy atom. The highest BCUT2D eigenvalue weighted by Gasteiger charge is 2.15. The first-order valence-corrected chi connectivity index (χ1v) is 7.39. The highest BCUT2D eigenvalue weighted by atomic mass is 79.9. The molecule has 94 valence electrons. The molecular weight excluding hydrogens is 356 g/mol. The van der Waals surface area contributed by atoms with Gasteiger partial charge in [0.15, 0.2) is 0 Å². The van der Waals surface area contributed by atoms with Gasteiger partial charge in [0.2, 0.25) is 0 Å². The summed E-state index contributed by atoms with van der Waals surface area (Å²) in [6.45, 7) is 3.02. The Morgan fingerprint density at radius 2 is 1.89 bits per heavy atom. The van der Waals surface area contributed by atoms with Crippen LogP contribution in [0.5, 0.6) is 0 Å². The van der Waals surface area contributed by atoms with Crippen molar-refractivity contribution in [1.29, 1.82) is 0 Å². The Bertz CT molecular complexity index is 514. The molecule has 0 saturated carbocycles. The van der Waals surface area contributed by atoms with Gasteiger partial charge in [0, 0.05) is 21.3 Å². The van der Waals surface area contributed by atoms with E-state index in [9.17, 15) is 0 Å². The normalized spacial score (nSPS) is 12.4. The van der Waals surface area contributed by atoms with E-state index in [1.807, 2.05) is 30.6 Å². The maximum Gasteiger partial charge on any atom is 0.0589 e. The standard InChI is InChI=1S/C14H14Br2N2/c1-2-18-14(10-5-7-17-8-6-10)12-9-11(15)3-4-13(12)16/h3-9,14,18H,2H2,1H3. The Hall–Kier alpha value is -0.710. The summed E-state index contributed by atoms with van der Waals surface area (Å²) < 4.78 is 2.19. The fourth-order valence-corrected chi connectivity index (χ4v) is 2.76. The van der Waals surface area contributed by atoms with Crippen LogP contribution in [0.1, 0.15) is 24.1 Å². The molecule has 0 aliphatic rings. The smallest absolute Gasteiger partial charge is 0.0589 e. The number of halogens is 2. The summed E-state index contributed by atoms with van der Waals surface area (Å²) in [4.78, 5) is 4.07. The van der Waals surface area contributed by atoms with Crippen LogP contribution in [0.3, 0.4) is 0 Å². The zero-order valence-corrected chi connectivity index (χ0v) is 13.2. The summed E-state index contributed by atoms with van der Waals surface area (Å²) in [7, 11) is 0. The van der Waals surface area contributed by atoms with Gasteiger partial charge in [0.05, 0.1) is 6.04 Å². The minimum atomic E-state index is 0.171. The molecule has 0 saturated heterocycles.